The minimum Gasteiger partial charge on any atom is -0.359 e. The third-order valence-electron chi connectivity index (χ3n) is 4.14. The third kappa shape index (κ3) is 4.56. The maximum absolute atomic E-state index is 12.1. The molecule has 120 valence electrons. The summed E-state index contributed by atoms with van der Waals surface area (Å²) in [5, 5.41) is 5.70. The van der Waals surface area contributed by atoms with Gasteiger partial charge in [0.2, 0.25) is 11.8 Å². The summed E-state index contributed by atoms with van der Waals surface area (Å²) in [5.41, 5.74) is 1.25. The number of amides is 2. The van der Waals surface area contributed by atoms with Crippen LogP contribution in [0.15, 0.2) is 30.3 Å². The van der Waals surface area contributed by atoms with Crippen LogP contribution >= 0.6 is 0 Å². The smallest absolute Gasteiger partial charge is 0.226 e. The van der Waals surface area contributed by atoms with Gasteiger partial charge in [0, 0.05) is 26.6 Å². The van der Waals surface area contributed by atoms with Gasteiger partial charge in [0.15, 0.2) is 0 Å². The average Bonchev–Trinajstić information content (AvgIpc) is 2.88. The molecule has 5 nitrogen and oxygen atoms in total. The van der Waals surface area contributed by atoms with Crippen molar-refractivity contribution in [1.29, 1.82) is 0 Å². The van der Waals surface area contributed by atoms with Gasteiger partial charge in [-0.3, -0.25) is 9.59 Å². The number of hydrogen-bond donors (Lipinski definition) is 2. The van der Waals surface area contributed by atoms with Crippen LogP contribution in [-0.4, -0.2) is 49.9 Å². The summed E-state index contributed by atoms with van der Waals surface area (Å²) < 4.78 is 0. The fraction of sp³-hybridized carbons (Fsp3) is 0.529. The summed E-state index contributed by atoms with van der Waals surface area (Å²) in [6, 6.07) is 10.1. The zero-order valence-corrected chi connectivity index (χ0v) is 13.3. The Morgan fingerprint density at radius 2 is 1.95 bits per heavy atom. The molecule has 0 spiro atoms. The molecule has 0 aliphatic carbocycles. The molecule has 0 saturated carbocycles. The van der Waals surface area contributed by atoms with Crippen molar-refractivity contribution in [3.63, 3.8) is 0 Å². The van der Waals surface area contributed by atoms with Gasteiger partial charge in [0.25, 0.3) is 0 Å². The van der Waals surface area contributed by atoms with E-state index in [1.165, 1.54) is 5.56 Å². The van der Waals surface area contributed by atoms with Crippen LogP contribution in [0.2, 0.25) is 0 Å². The molecule has 1 aliphatic heterocycles. The second-order valence-electron chi connectivity index (χ2n) is 5.96. The first-order valence-corrected chi connectivity index (χ1v) is 7.83. The van der Waals surface area contributed by atoms with Crippen LogP contribution in [0.3, 0.4) is 0 Å². The van der Waals surface area contributed by atoms with Gasteiger partial charge in [0.1, 0.15) is 0 Å². The van der Waals surface area contributed by atoms with E-state index < -0.39 is 0 Å². The Kier molecular flexibility index (Phi) is 5.95. The lowest BCUT2D eigenvalue weighted by atomic mass is 10.0. The third-order valence-corrected chi connectivity index (χ3v) is 4.14. The summed E-state index contributed by atoms with van der Waals surface area (Å²) in [6.45, 7) is 1.41. The molecule has 1 aromatic carbocycles. The Morgan fingerprint density at radius 3 is 2.64 bits per heavy atom. The van der Waals surface area contributed by atoms with Crippen molar-refractivity contribution in [3.8, 4) is 0 Å². The van der Waals surface area contributed by atoms with Gasteiger partial charge in [-0.1, -0.05) is 30.3 Å². The van der Waals surface area contributed by atoms with Gasteiger partial charge in [-0.2, -0.15) is 0 Å². The number of carbonyl (C=O) groups excluding carboxylic acids is 2. The molecule has 1 heterocycles. The molecule has 22 heavy (non-hydrogen) atoms. The minimum absolute atomic E-state index is 0.000986. The van der Waals surface area contributed by atoms with Crippen molar-refractivity contribution in [2.24, 2.45) is 5.92 Å². The number of hydrogen-bond acceptors (Lipinski definition) is 3. The van der Waals surface area contributed by atoms with E-state index in [0.29, 0.717) is 13.0 Å². The van der Waals surface area contributed by atoms with Crippen LogP contribution in [0.5, 0.6) is 0 Å². The number of benzene rings is 1. The van der Waals surface area contributed by atoms with E-state index in [1.54, 1.807) is 7.05 Å². The van der Waals surface area contributed by atoms with Crippen molar-refractivity contribution in [2.45, 2.75) is 25.3 Å². The van der Waals surface area contributed by atoms with Crippen LogP contribution < -0.4 is 10.6 Å². The first-order chi connectivity index (χ1) is 10.6. The molecule has 1 fully saturated rings. The molecule has 1 aliphatic rings. The van der Waals surface area contributed by atoms with Gasteiger partial charge in [-0.05, 0) is 25.5 Å². The normalized spacial score (nSPS) is 21.5. The lowest BCUT2D eigenvalue weighted by Gasteiger charge is -2.18. The molecule has 2 rings (SSSR count). The molecular formula is C17H25N3O2. The maximum atomic E-state index is 12.1. The Balaban J connectivity index is 1.77. The number of nitrogens with one attached hydrogen (secondary N) is 2. The summed E-state index contributed by atoms with van der Waals surface area (Å²) in [4.78, 5) is 26.0. The van der Waals surface area contributed by atoms with Gasteiger partial charge in [-0.25, -0.2) is 0 Å². The quantitative estimate of drug-likeness (QED) is 0.817. The molecule has 1 aromatic rings. The summed E-state index contributed by atoms with van der Waals surface area (Å²) in [7, 11) is 3.61. The number of aryl methyl sites for hydroxylation is 1. The standard InChI is InChI=1S/C17H25N3O2/c1-18-17(22)14-11-20(2)12-15(14)19-16(21)10-6-9-13-7-4-3-5-8-13/h3-5,7-8,14-15H,6,9-12H2,1-2H3,(H,18,22)(H,19,21)/t14-,15-/m0/s1. The van der Waals surface area contributed by atoms with E-state index in [0.717, 1.165) is 19.4 Å². The number of rotatable bonds is 6. The van der Waals surface area contributed by atoms with E-state index >= 15 is 0 Å². The maximum Gasteiger partial charge on any atom is 0.226 e. The van der Waals surface area contributed by atoms with Crippen LogP contribution in [0.25, 0.3) is 0 Å². The van der Waals surface area contributed by atoms with Crippen molar-refractivity contribution in [3.05, 3.63) is 35.9 Å². The highest BCUT2D eigenvalue weighted by molar-refractivity contribution is 5.82. The second kappa shape index (κ2) is 7.94. The lowest BCUT2D eigenvalue weighted by molar-refractivity contribution is -0.125. The van der Waals surface area contributed by atoms with Gasteiger partial charge < -0.3 is 15.5 Å². The number of carbonyl (C=O) groups is 2. The molecule has 0 bridgehead atoms. The molecule has 0 aromatic heterocycles. The molecule has 2 N–H and O–H groups in total. The Morgan fingerprint density at radius 1 is 1.23 bits per heavy atom. The highest BCUT2D eigenvalue weighted by Crippen LogP contribution is 2.16. The van der Waals surface area contributed by atoms with Crippen LogP contribution in [0.1, 0.15) is 18.4 Å². The molecule has 1 saturated heterocycles. The van der Waals surface area contributed by atoms with E-state index in [9.17, 15) is 9.59 Å². The molecule has 2 atom stereocenters. The number of likely N-dealkylation sites (N-methyl/N-ethyl adjacent to an activating group) is 1. The first kappa shape index (κ1) is 16.5. The van der Waals surface area contributed by atoms with E-state index in [1.807, 2.05) is 25.2 Å². The van der Waals surface area contributed by atoms with E-state index in [2.05, 4.69) is 27.7 Å². The highest BCUT2D eigenvalue weighted by Gasteiger charge is 2.36. The zero-order valence-electron chi connectivity index (χ0n) is 13.3. The zero-order chi connectivity index (χ0) is 15.9. The van der Waals surface area contributed by atoms with Crippen molar-refractivity contribution >= 4 is 11.8 Å². The topological polar surface area (TPSA) is 61.4 Å². The predicted octanol–water partition coefficient (Wildman–Crippen LogP) is 0.802. The van der Waals surface area contributed by atoms with E-state index in [4.69, 9.17) is 0 Å². The summed E-state index contributed by atoms with van der Waals surface area (Å²) in [6.07, 6.45) is 2.22. The number of likely N-dealkylation sites (tertiary alicyclic amines) is 1. The monoisotopic (exact) mass is 303 g/mol. The van der Waals surface area contributed by atoms with E-state index in [-0.39, 0.29) is 23.8 Å². The Hall–Kier alpha value is -1.88. The Bertz CT molecular complexity index is 504. The van der Waals surface area contributed by atoms with Gasteiger partial charge >= 0.3 is 0 Å². The highest BCUT2D eigenvalue weighted by atomic mass is 16.2. The van der Waals surface area contributed by atoms with Crippen molar-refractivity contribution in [1.82, 2.24) is 15.5 Å². The molecule has 5 heteroatoms. The number of nitrogens with zero attached hydrogens (tertiary/aromatic N) is 1. The van der Waals surface area contributed by atoms with Crippen LogP contribution in [0.4, 0.5) is 0 Å². The fourth-order valence-corrected chi connectivity index (χ4v) is 2.97. The SMILES string of the molecule is CNC(=O)[C@H]1CN(C)C[C@@H]1NC(=O)CCCc1ccccc1. The Labute approximate surface area is 132 Å². The fourth-order valence-electron chi connectivity index (χ4n) is 2.97. The predicted molar refractivity (Wildman–Crippen MR) is 86.4 cm³/mol. The largest absolute Gasteiger partial charge is 0.359 e. The molecular weight excluding hydrogens is 278 g/mol. The van der Waals surface area contributed by atoms with Crippen molar-refractivity contribution < 1.29 is 9.59 Å². The summed E-state index contributed by atoms with van der Waals surface area (Å²) in [5.74, 6) is -0.128. The average molecular weight is 303 g/mol. The lowest BCUT2D eigenvalue weighted by Crippen LogP contribution is -2.45. The second-order valence-corrected chi connectivity index (χ2v) is 5.96. The molecule has 0 unspecified atom stereocenters. The summed E-state index contributed by atoms with van der Waals surface area (Å²) >= 11 is 0. The van der Waals surface area contributed by atoms with Crippen LogP contribution in [-0.2, 0) is 16.0 Å². The minimum atomic E-state index is -0.159. The van der Waals surface area contributed by atoms with Gasteiger partial charge in [-0.15, -0.1) is 0 Å². The first-order valence-electron chi connectivity index (χ1n) is 7.83. The molecule has 2 amide bonds. The van der Waals surface area contributed by atoms with Gasteiger partial charge in [0.05, 0.1) is 12.0 Å². The molecule has 0 radical (unpaired) electrons. The van der Waals surface area contributed by atoms with Crippen LogP contribution in [0, 0.1) is 5.92 Å². The van der Waals surface area contributed by atoms with Crippen molar-refractivity contribution in [2.75, 3.05) is 27.2 Å².